The van der Waals surface area contributed by atoms with Crippen molar-refractivity contribution in [2.45, 2.75) is 30.8 Å². The van der Waals surface area contributed by atoms with Gasteiger partial charge in [0.25, 0.3) is 0 Å². The summed E-state index contributed by atoms with van der Waals surface area (Å²) < 4.78 is 45.4. The molecule has 0 aromatic heterocycles. The van der Waals surface area contributed by atoms with Crippen LogP contribution in [0.1, 0.15) is 24.0 Å². The fourth-order valence-electron chi connectivity index (χ4n) is 4.30. The van der Waals surface area contributed by atoms with Crippen LogP contribution in [0.2, 0.25) is 0 Å². The average Bonchev–Trinajstić information content (AvgIpc) is 2.84. The Balaban J connectivity index is 1.26. The standard InChI is InChI=1S/C24H30FN3O4S/c25-22-4-6-23(7-5-22)33(30,31)28-10-8-21(9-11-28)24(29)26-17-19-2-1-3-20(16-19)18-27-12-14-32-15-13-27/h1-7,16,21H,8-15,17-18H2,(H,26,29). The molecule has 0 bridgehead atoms. The lowest BCUT2D eigenvalue weighted by Crippen LogP contribution is -2.42. The van der Waals surface area contributed by atoms with Crippen LogP contribution in [-0.2, 0) is 32.6 Å². The first kappa shape index (κ1) is 23.8. The lowest BCUT2D eigenvalue weighted by molar-refractivity contribution is -0.126. The van der Waals surface area contributed by atoms with E-state index in [1.54, 1.807) is 0 Å². The Labute approximate surface area is 194 Å². The Morgan fingerprint density at radius 1 is 1.00 bits per heavy atom. The van der Waals surface area contributed by atoms with Crippen LogP contribution in [0, 0.1) is 11.7 Å². The monoisotopic (exact) mass is 475 g/mol. The second-order valence-electron chi connectivity index (χ2n) is 8.56. The van der Waals surface area contributed by atoms with Crippen molar-refractivity contribution in [1.82, 2.24) is 14.5 Å². The third-order valence-corrected chi connectivity index (χ3v) is 8.16. The lowest BCUT2D eigenvalue weighted by Gasteiger charge is -2.30. The minimum atomic E-state index is -3.68. The molecule has 1 amide bonds. The molecule has 2 aromatic carbocycles. The van der Waals surface area contributed by atoms with E-state index in [1.807, 2.05) is 12.1 Å². The molecule has 7 nitrogen and oxygen atoms in total. The molecule has 0 spiro atoms. The third-order valence-electron chi connectivity index (χ3n) is 6.24. The highest BCUT2D eigenvalue weighted by Gasteiger charge is 2.32. The number of ether oxygens (including phenoxy) is 1. The van der Waals surface area contributed by atoms with Crippen molar-refractivity contribution in [3.05, 3.63) is 65.5 Å². The zero-order valence-electron chi connectivity index (χ0n) is 18.6. The SMILES string of the molecule is O=C(NCc1cccc(CN2CCOCC2)c1)C1CCN(S(=O)(=O)c2ccc(F)cc2)CC1. The highest BCUT2D eigenvalue weighted by atomic mass is 32.2. The number of carbonyl (C=O) groups is 1. The fraction of sp³-hybridized carbons (Fsp3) is 0.458. The zero-order valence-corrected chi connectivity index (χ0v) is 19.4. The summed E-state index contributed by atoms with van der Waals surface area (Å²) in [5.41, 5.74) is 2.26. The van der Waals surface area contributed by atoms with Gasteiger partial charge in [0.15, 0.2) is 0 Å². The Bertz CT molecular complexity index is 1050. The maximum Gasteiger partial charge on any atom is 0.243 e. The number of hydrogen-bond donors (Lipinski definition) is 1. The number of sulfonamides is 1. The predicted octanol–water partition coefficient (Wildman–Crippen LogP) is 2.38. The first-order chi connectivity index (χ1) is 15.9. The van der Waals surface area contributed by atoms with Crippen molar-refractivity contribution in [2.75, 3.05) is 39.4 Å². The Morgan fingerprint density at radius 2 is 1.67 bits per heavy atom. The molecule has 2 fully saturated rings. The summed E-state index contributed by atoms with van der Waals surface area (Å²) in [5, 5.41) is 3.01. The van der Waals surface area contributed by atoms with Crippen LogP contribution in [0.15, 0.2) is 53.4 Å². The maximum atomic E-state index is 13.1. The van der Waals surface area contributed by atoms with Gasteiger partial charge in [-0.25, -0.2) is 12.8 Å². The van der Waals surface area contributed by atoms with E-state index in [1.165, 1.54) is 22.0 Å². The average molecular weight is 476 g/mol. The van der Waals surface area contributed by atoms with E-state index < -0.39 is 15.8 Å². The molecule has 2 aliphatic heterocycles. The number of hydrogen-bond acceptors (Lipinski definition) is 5. The minimum Gasteiger partial charge on any atom is -0.379 e. The molecule has 0 atom stereocenters. The summed E-state index contributed by atoms with van der Waals surface area (Å²) in [6.45, 7) is 5.24. The molecule has 33 heavy (non-hydrogen) atoms. The Hall–Kier alpha value is -2.33. The molecular weight excluding hydrogens is 445 g/mol. The number of nitrogens with one attached hydrogen (secondary N) is 1. The van der Waals surface area contributed by atoms with Gasteiger partial charge < -0.3 is 10.1 Å². The van der Waals surface area contributed by atoms with Gasteiger partial charge in [-0.05, 0) is 48.2 Å². The maximum absolute atomic E-state index is 13.1. The quantitative estimate of drug-likeness (QED) is 0.665. The van der Waals surface area contributed by atoms with Crippen LogP contribution in [0.5, 0.6) is 0 Å². The molecule has 0 unspecified atom stereocenters. The molecule has 0 radical (unpaired) electrons. The normalized spacial score (nSPS) is 18.8. The summed E-state index contributed by atoms with van der Waals surface area (Å²) in [6.07, 6.45) is 0.923. The number of piperidine rings is 1. The van der Waals surface area contributed by atoms with Crippen LogP contribution < -0.4 is 5.32 Å². The molecule has 2 aromatic rings. The number of morpholine rings is 1. The molecular formula is C24H30FN3O4S. The molecule has 2 heterocycles. The Kier molecular flexibility index (Phi) is 7.75. The van der Waals surface area contributed by atoms with Crippen LogP contribution in [0.25, 0.3) is 0 Å². The number of benzene rings is 2. The summed E-state index contributed by atoms with van der Waals surface area (Å²) in [5.74, 6) is -0.746. The van der Waals surface area contributed by atoms with E-state index in [9.17, 15) is 17.6 Å². The van der Waals surface area contributed by atoms with E-state index in [2.05, 4.69) is 22.3 Å². The number of halogens is 1. The highest BCUT2D eigenvalue weighted by Crippen LogP contribution is 2.24. The van der Waals surface area contributed by atoms with Gasteiger partial charge in [0.1, 0.15) is 5.82 Å². The Morgan fingerprint density at radius 3 is 2.36 bits per heavy atom. The van der Waals surface area contributed by atoms with Gasteiger partial charge in [-0.1, -0.05) is 24.3 Å². The van der Waals surface area contributed by atoms with Crippen molar-refractivity contribution in [3.63, 3.8) is 0 Å². The van der Waals surface area contributed by atoms with E-state index in [4.69, 9.17) is 4.74 Å². The lowest BCUT2D eigenvalue weighted by atomic mass is 9.97. The van der Waals surface area contributed by atoms with Crippen LogP contribution >= 0.6 is 0 Å². The van der Waals surface area contributed by atoms with Crippen molar-refractivity contribution < 1.29 is 22.3 Å². The summed E-state index contributed by atoms with van der Waals surface area (Å²) >= 11 is 0. The van der Waals surface area contributed by atoms with E-state index in [0.717, 1.165) is 50.5 Å². The van der Waals surface area contributed by atoms with Gasteiger partial charge in [-0.15, -0.1) is 0 Å². The highest BCUT2D eigenvalue weighted by molar-refractivity contribution is 7.89. The summed E-state index contributed by atoms with van der Waals surface area (Å²) in [7, 11) is -3.68. The smallest absolute Gasteiger partial charge is 0.243 e. The topological polar surface area (TPSA) is 79.0 Å². The van der Waals surface area contributed by atoms with Gasteiger partial charge in [0.05, 0.1) is 18.1 Å². The van der Waals surface area contributed by atoms with Gasteiger partial charge in [0.2, 0.25) is 15.9 Å². The van der Waals surface area contributed by atoms with Gasteiger partial charge >= 0.3 is 0 Å². The van der Waals surface area contributed by atoms with Crippen LogP contribution in [0.3, 0.4) is 0 Å². The van der Waals surface area contributed by atoms with E-state index >= 15 is 0 Å². The van der Waals surface area contributed by atoms with Crippen molar-refractivity contribution >= 4 is 15.9 Å². The largest absolute Gasteiger partial charge is 0.379 e. The fourth-order valence-corrected chi connectivity index (χ4v) is 5.77. The number of nitrogens with zero attached hydrogens (tertiary/aromatic N) is 2. The van der Waals surface area contributed by atoms with Crippen LogP contribution in [-0.4, -0.2) is 62.9 Å². The first-order valence-corrected chi connectivity index (χ1v) is 12.8. The second-order valence-corrected chi connectivity index (χ2v) is 10.5. The molecule has 2 aliphatic rings. The predicted molar refractivity (Wildman–Crippen MR) is 122 cm³/mol. The molecule has 4 rings (SSSR count). The number of carbonyl (C=O) groups excluding carboxylic acids is 1. The minimum absolute atomic E-state index is 0.0487. The molecule has 2 saturated heterocycles. The van der Waals surface area contributed by atoms with Gasteiger partial charge in [-0.3, -0.25) is 9.69 Å². The van der Waals surface area contributed by atoms with Crippen molar-refractivity contribution in [3.8, 4) is 0 Å². The van der Waals surface area contributed by atoms with Crippen molar-refractivity contribution in [1.29, 1.82) is 0 Å². The number of rotatable bonds is 7. The third kappa shape index (κ3) is 6.17. The molecule has 0 aliphatic carbocycles. The second kappa shape index (κ2) is 10.7. The number of amides is 1. The molecule has 178 valence electrons. The van der Waals surface area contributed by atoms with E-state index in [-0.39, 0.29) is 29.8 Å². The summed E-state index contributed by atoms with van der Waals surface area (Å²) in [6, 6.07) is 13.1. The zero-order chi connectivity index (χ0) is 23.3. The molecule has 0 saturated carbocycles. The van der Waals surface area contributed by atoms with Gasteiger partial charge in [-0.2, -0.15) is 4.31 Å². The van der Waals surface area contributed by atoms with Crippen molar-refractivity contribution in [2.24, 2.45) is 5.92 Å². The molecule has 9 heteroatoms. The summed E-state index contributed by atoms with van der Waals surface area (Å²) in [4.78, 5) is 15.1. The van der Waals surface area contributed by atoms with E-state index in [0.29, 0.717) is 19.4 Å². The first-order valence-electron chi connectivity index (χ1n) is 11.3. The van der Waals surface area contributed by atoms with Crippen LogP contribution in [0.4, 0.5) is 4.39 Å². The molecule has 1 N–H and O–H groups in total. The van der Waals surface area contributed by atoms with Gasteiger partial charge in [0, 0.05) is 45.2 Å².